The molecule has 5 aliphatic rings. The van der Waals surface area contributed by atoms with Crippen LogP contribution < -0.4 is 15.0 Å². The number of hydrogen-bond donors (Lipinski definition) is 2. The van der Waals surface area contributed by atoms with E-state index in [9.17, 15) is 18.3 Å². The summed E-state index contributed by atoms with van der Waals surface area (Å²) in [5.74, 6) is -1.51. The van der Waals surface area contributed by atoms with Gasteiger partial charge in [0.05, 0.1) is 24.3 Å². The molecule has 2 unspecified atom stereocenters. The number of nitrogens with one attached hydrogen (secondary N) is 1. The van der Waals surface area contributed by atoms with Crippen LogP contribution >= 0.6 is 11.6 Å². The van der Waals surface area contributed by atoms with Gasteiger partial charge in [-0.1, -0.05) is 11.6 Å². The van der Waals surface area contributed by atoms with Crippen LogP contribution in [-0.4, -0.2) is 75.3 Å². The van der Waals surface area contributed by atoms with Gasteiger partial charge >= 0.3 is 12.2 Å². The summed E-state index contributed by atoms with van der Waals surface area (Å²) in [6.07, 6.45) is 0.836. The Kier molecular flexibility index (Phi) is 5.89. The highest BCUT2D eigenvalue weighted by molar-refractivity contribution is 6.32. The number of piperazine rings is 1. The fourth-order valence-corrected chi connectivity index (χ4v) is 7.24. The molecule has 2 bridgehead atoms. The molecule has 8 nitrogen and oxygen atoms in total. The number of aromatic hydroxyl groups is 1. The van der Waals surface area contributed by atoms with E-state index in [2.05, 4.69) is 25.2 Å². The topological polar surface area (TPSA) is 86.6 Å². The first kappa shape index (κ1) is 24.6. The molecule has 0 saturated carbocycles. The van der Waals surface area contributed by atoms with E-state index in [1.807, 2.05) is 4.90 Å². The first-order valence-corrected chi connectivity index (χ1v) is 14.2. The third-order valence-corrected chi connectivity index (χ3v) is 9.15. The van der Waals surface area contributed by atoms with Crippen LogP contribution in [0.4, 0.5) is 23.4 Å². The standard InChI is InChI=1S/C28H29ClF4N6O2/c29-20-10-17(40)9-18(21(20)28(31,32)33)23-22(30)24-19(12-35-23)25(39-13-15-3-4-16(39)11-34-15)37-26(36-24)41-14-27-5-1-7-38(27)8-2-6-27/h9-10,12,15-16,34,40H,1-8,11,13-14H2/i14D2. The summed E-state index contributed by atoms with van der Waals surface area (Å²) in [5.41, 5.74) is -4.05. The van der Waals surface area contributed by atoms with E-state index >= 15 is 4.39 Å². The molecule has 8 rings (SSSR count). The summed E-state index contributed by atoms with van der Waals surface area (Å²) in [6.45, 7) is 0.477. The Morgan fingerprint density at radius 2 is 1.98 bits per heavy atom. The van der Waals surface area contributed by atoms with Crippen molar-refractivity contribution in [3.05, 3.63) is 34.7 Å². The maximum atomic E-state index is 16.4. The molecule has 2 aromatic heterocycles. The lowest BCUT2D eigenvalue weighted by Gasteiger charge is -2.46. The van der Waals surface area contributed by atoms with Crippen LogP contribution in [-0.2, 0) is 6.18 Å². The second-order valence-corrected chi connectivity index (χ2v) is 11.7. The quantitative estimate of drug-likeness (QED) is 0.392. The zero-order valence-electron chi connectivity index (χ0n) is 23.9. The zero-order valence-corrected chi connectivity index (χ0v) is 22.7. The van der Waals surface area contributed by atoms with Crippen LogP contribution in [0.2, 0.25) is 5.02 Å². The second-order valence-electron chi connectivity index (χ2n) is 11.3. The van der Waals surface area contributed by atoms with Crippen molar-refractivity contribution in [2.24, 2.45) is 0 Å². The fourth-order valence-electron chi connectivity index (χ4n) is 6.92. The first-order chi connectivity index (χ1) is 20.4. The van der Waals surface area contributed by atoms with Crippen LogP contribution in [0.3, 0.4) is 0 Å². The lowest BCUT2D eigenvalue weighted by Crippen LogP contribution is -2.61. The number of piperidine rings is 2. The zero-order chi connectivity index (χ0) is 30.3. The van der Waals surface area contributed by atoms with Crippen molar-refractivity contribution in [3.8, 4) is 23.0 Å². The van der Waals surface area contributed by atoms with Gasteiger partial charge in [-0.05, 0) is 63.7 Å². The Hall–Kier alpha value is -2.96. The Labute approximate surface area is 241 Å². The van der Waals surface area contributed by atoms with Crippen LogP contribution in [0.25, 0.3) is 22.2 Å². The number of anilines is 1. The van der Waals surface area contributed by atoms with Crippen molar-refractivity contribution in [2.45, 2.75) is 62.3 Å². The number of hydrogen-bond acceptors (Lipinski definition) is 8. The molecule has 3 aromatic rings. The SMILES string of the molecule is [2H]C([2H])(Oc1nc(N2CC3CCC2CN3)c2cnc(-c3cc(O)cc(Cl)c3C(F)(F)F)c(F)c2n1)C12CCCN1CCC2. The smallest absolute Gasteiger partial charge is 0.418 e. The summed E-state index contributed by atoms with van der Waals surface area (Å²) < 4.78 is 82.5. The minimum Gasteiger partial charge on any atom is -0.508 e. The predicted molar refractivity (Wildman–Crippen MR) is 145 cm³/mol. The molecule has 0 amide bonds. The fraction of sp³-hybridized carbons (Fsp3) is 0.536. The van der Waals surface area contributed by atoms with Gasteiger partial charge in [0.15, 0.2) is 5.82 Å². The van der Waals surface area contributed by atoms with Gasteiger partial charge in [0.1, 0.15) is 29.3 Å². The van der Waals surface area contributed by atoms with Gasteiger partial charge in [-0.2, -0.15) is 23.1 Å². The Morgan fingerprint density at radius 3 is 2.63 bits per heavy atom. The monoisotopic (exact) mass is 594 g/mol. The van der Waals surface area contributed by atoms with E-state index in [1.165, 1.54) is 6.20 Å². The van der Waals surface area contributed by atoms with E-state index in [-0.39, 0.29) is 28.8 Å². The summed E-state index contributed by atoms with van der Waals surface area (Å²) in [6, 6.07) is 1.26. The van der Waals surface area contributed by atoms with Crippen molar-refractivity contribution in [3.63, 3.8) is 0 Å². The van der Waals surface area contributed by atoms with E-state index in [4.69, 9.17) is 19.1 Å². The van der Waals surface area contributed by atoms with Gasteiger partial charge in [-0.25, -0.2) is 4.39 Å². The predicted octanol–water partition coefficient (Wildman–Crippen LogP) is 5.16. The van der Waals surface area contributed by atoms with E-state index in [1.54, 1.807) is 0 Å². The third-order valence-electron chi connectivity index (χ3n) is 8.85. The van der Waals surface area contributed by atoms with Crippen molar-refractivity contribution in [2.75, 3.05) is 37.6 Å². The number of halogens is 5. The summed E-state index contributed by atoms with van der Waals surface area (Å²) in [5, 5.41) is 12.9. The number of rotatable bonds is 5. The number of alkyl halides is 3. The molecule has 5 fully saturated rings. The first-order valence-electron chi connectivity index (χ1n) is 14.8. The van der Waals surface area contributed by atoms with Gasteiger partial charge in [0.25, 0.3) is 0 Å². The average Bonchev–Trinajstić information content (AvgIpc) is 3.55. The number of nitrogens with zero attached hydrogens (tertiary/aromatic N) is 5. The minimum atomic E-state index is -4.97. The molecule has 2 atom stereocenters. The third kappa shape index (κ3) is 4.54. The number of ether oxygens (including phenoxy) is 1. The Bertz CT molecular complexity index is 1590. The molecule has 218 valence electrons. The number of phenols is 1. The molecule has 2 N–H and O–H groups in total. The lowest BCUT2D eigenvalue weighted by atomic mass is 9.93. The van der Waals surface area contributed by atoms with Crippen molar-refractivity contribution in [1.29, 1.82) is 0 Å². The molecular weight excluding hydrogens is 564 g/mol. The molecule has 41 heavy (non-hydrogen) atoms. The van der Waals surface area contributed by atoms with Crippen LogP contribution in [0.5, 0.6) is 11.8 Å². The molecule has 0 spiro atoms. The lowest BCUT2D eigenvalue weighted by molar-refractivity contribution is -0.137. The molecule has 1 aromatic carbocycles. The van der Waals surface area contributed by atoms with Gasteiger partial charge in [-0.15, -0.1) is 0 Å². The number of phenolic OH excluding ortho intramolecular Hbond substituents is 1. The summed E-state index contributed by atoms with van der Waals surface area (Å²) in [4.78, 5) is 17.0. The van der Waals surface area contributed by atoms with Gasteiger partial charge in [0, 0.05) is 36.9 Å². The maximum absolute atomic E-state index is 16.4. The van der Waals surface area contributed by atoms with Crippen molar-refractivity contribution < 1.29 is 30.1 Å². The molecule has 0 radical (unpaired) electrons. The molecule has 7 heterocycles. The van der Waals surface area contributed by atoms with Crippen molar-refractivity contribution in [1.82, 2.24) is 25.2 Å². The second kappa shape index (κ2) is 9.81. The van der Waals surface area contributed by atoms with Crippen molar-refractivity contribution >= 4 is 28.3 Å². The van der Waals surface area contributed by atoms with E-state index in [0.717, 1.165) is 50.9 Å². The summed E-state index contributed by atoms with van der Waals surface area (Å²) in [7, 11) is 0. The Balaban J connectivity index is 1.40. The highest BCUT2D eigenvalue weighted by Gasteiger charge is 2.45. The average molecular weight is 595 g/mol. The normalized spacial score (nSPS) is 25.0. The number of pyridine rings is 1. The number of benzene rings is 1. The minimum absolute atomic E-state index is 0.0101. The number of aromatic nitrogens is 3. The summed E-state index contributed by atoms with van der Waals surface area (Å²) >= 11 is 5.87. The maximum Gasteiger partial charge on any atom is 0.418 e. The molecule has 5 aliphatic heterocycles. The molecule has 5 saturated heterocycles. The van der Waals surface area contributed by atoms with E-state index in [0.29, 0.717) is 25.9 Å². The van der Waals surface area contributed by atoms with Crippen LogP contribution in [0.1, 0.15) is 46.8 Å². The molecular formula is C28H29ClF4N6O2. The van der Waals surface area contributed by atoms with Crippen LogP contribution in [0, 0.1) is 5.82 Å². The van der Waals surface area contributed by atoms with Gasteiger partial charge in [-0.3, -0.25) is 9.88 Å². The molecule has 13 heteroatoms. The highest BCUT2D eigenvalue weighted by atomic mass is 35.5. The van der Waals surface area contributed by atoms with Crippen LogP contribution in [0.15, 0.2) is 18.3 Å². The Morgan fingerprint density at radius 1 is 1.20 bits per heavy atom. The van der Waals surface area contributed by atoms with E-state index < -0.39 is 57.7 Å². The highest BCUT2D eigenvalue weighted by Crippen LogP contribution is 2.45. The van der Waals surface area contributed by atoms with Gasteiger partial charge in [0.2, 0.25) is 0 Å². The number of fused-ring (bicyclic) bond motifs is 5. The van der Waals surface area contributed by atoms with Gasteiger partial charge < -0.3 is 20.1 Å². The molecule has 0 aliphatic carbocycles. The largest absolute Gasteiger partial charge is 0.508 e.